The highest BCUT2D eigenvalue weighted by molar-refractivity contribution is 5.76. The zero-order valence-corrected chi connectivity index (χ0v) is 43.0. The van der Waals surface area contributed by atoms with E-state index in [4.69, 9.17) is 14.2 Å². The lowest BCUT2D eigenvalue weighted by Gasteiger charge is -2.40. The average Bonchev–Trinajstić information content (AvgIpc) is 3.33. The van der Waals surface area contributed by atoms with Gasteiger partial charge in [-0.3, -0.25) is 9.59 Å². The molecule has 1 aliphatic rings. The molecule has 1 fully saturated rings. The summed E-state index contributed by atoms with van der Waals surface area (Å²) in [5, 5.41) is 54.2. The van der Waals surface area contributed by atoms with Crippen molar-refractivity contribution in [2.24, 2.45) is 0 Å². The van der Waals surface area contributed by atoms with Crippen LogP contribution in [0.25, 0.3) is 0 Å². The third-order valence-corrected chi connectivity index (χ3v) is 12.6. The molecule has 7 atom stereocenters. The summed E-state index contributed by atoms with van der Waals surface area (Å²) < 4.78 is 16.6. The van der Waals surface area contributed by atoms with E-state index in [2.05, 4.69) is 67.8 Å². The smallest absolute Gasteiger partial charge is 0.305 e. The largest absolute Gasteiger partial charge is 0.466 e. The number of hydrogen-bond acceptors (Lipinski definition) is 10. The van der Waals surface area contributed by atoms with Crippen LogP contribution in [0.4, 0.5) is 0 Å². The molecule has 7 unspecified atom stereocenters. The van der Waals surface area contributed by atoms with Crippen LogP contribution in [0, 0.1) is 0 Å². The summed E-state index contributed by atoms with van der Waals surface area (Å²) in [5.41, 5.74) is 0. The molecule has 0 spiro atoms. The second kappa shape index (κ2) is 46.7. The maximum absolute atomic E-state index is 13.0. The van der Waals surface area contributed by atoms with Gasteiger partial charge in [0.05, 0.1) is 32.0 Å². The fourth-order valence-electron chi connectivity index (χ4n) is 8.12. The molecule has 0 bridgehead atoms. The summed E-state index contributed by atoms with van der Waals surface area (Å²) >= 11 is 0. The minimum absolute atomic E-state index is 0.0443. The van der Waals surface area contributed by atoms with Crippen LogP contribution in [0.5, 0.6) is 0 Å². The van der Waals surface area contributed by atoms with Crippen LogP contribution in [-0.2, 0) is 23.8 Å². The van der Waals surface area contributed by atoms with Crippen LogP contribution in [0.15, 0.2) is 60.8 Å². The third-order valence-electron chi connectivity index (χ3n) is 12.6. The Kier molecular flexibility index (Phi) is 43.5. The number of amides is 1. The Morgan fingerprint density at radius 1 is 0.544 bits per heavy atom. The van der Waals surface area contributed by atoms with E-state index in [1.807, 2.05) is 6.08 Å². The molecule has 0 aromatic heterocycles. The lowest BCUT2D eigenvalue weighted by atomic mass is 9.99. The average molecular weight is 960 g/mol. The lowest BCUT2D eigenvalue weighted by molar-refractivity contribution is -0.302. The van der Waals surface area contributed by atoms with Crippen LogP contribution in [-0.4, -0.2) is 100 Å². The van der Waals surface area contributed by atoms with Crippen molar-refractivity contribution in [2.45, 2.75) is 269 Å². The zero-order valence-electron chi connectivity index (χ0n) is 43.0. The van der Waals surface area contributed by atoms with Crippen LogP contribution in [0.1, 0.15) is 226 Å². The summed E-state index contributed by atoms with van der Waals surface area (Å²) in [4.78, 5) is 25.0. The van der Waals surface area contributed by atoms with E-state index in [0.717, 1.165) is 96.3 Å². The van der Waals surface area contributed by atoms with Gasteiger partial charge in [-0.2, -0.15) is 0 Å². The molecule has 11 nitrogen and oxygen atoms in total. The van der Waals surface area contributed by atoms with Gasteiger partial charge in [0.1, 0.15) is 24.4 Å². The minimum atomic E-state index is -1.58. The van der Waals surface area contributed by atoms with Crippen molar-refractivity contribution in [3.05, 3.63) is 60.8 Å². The van der Waals surface area contributed by atoms with Crippen molar-refractivity contribution in [2.75, 3.05) is 19.8 Å². The standard InChI is InChI=1S/C57H101NO10/c1-3-5-7-9-11-13-15-25-29-33-37-41-45-53(62)66-46-42-38-34-30-26-22-20-18-16-17-19-21-24-28-32-36-40-44-52(61)58-49(48-67-57-56(65)55(64)54(63)51(47-59)68-57)50(60)43-39-35-31-27-23-14-12-10-8-6-4-2/h11,13,16,18,22-23,26-27,39,43,49-51,54-57,59-60,63-65H,3-10,12,14-15,17,19-21,24-25,28-38,40-42,44-48H2,1-2H3,(H,58,61)/b13-11-,18-16-,26-22-,27-23+,43-39+. The number of aliphatic hydroxyl groups excluding tert-OH is 5. The quantitative estimate of drug-likeness (QED) is 0.0196. The third kappa shape index (κ3) is 36.3. The Bertz CT molecular complexity index is 1310. The molecule has 1 aliphatic heterocycles. The van der Waals surface area contributed by atoms with Gasteiger partial charge in [0.25, 0.3) is 0 Å². The minimum Gasteiger partial charge on any atom is -0.466 e. The number of rotatable bonds is 46. The van der Waals surface area contributed by atoms with E-state index in [1.165, 1.54) is 103 Å². The number of esters is 1. The number of carbonyl (C=O) groups is 2. The van der Waals surface area contributed by atoms with Crippen LogP contribution in [0.3, 0.4) is 0 Å². The van der Waals surface area contributed by atoms with Crippen LogP contribution < -0.4 is 5.32 Å². The SMILES string of the molecule is CCCCC/C=C\CCCCCCCC(=O)OCCCCC/C=C\C/C=C\CCCCCCCCCC(=O)NC(COC1OC(CO)C(O)C(O)C1O)C(O)/C=C/CC/C=C/CCCCCCC. The Balaban J connectivity index is 2.16. The molecule has 1 saturated heterocycles. The van der Waals surface area contributed by atoms with Gasteiger partial charge in [-0.05, 0) is 109 Å². The molecule has 0 saturated carbocycles. The second-order valence-electron chi connectivity index (χ2n) is 18.9. The van der Waals surface area contributed by atoms with Crippen molar-refractivity contribution in [1.82, 2.24) is 5.32 Å². The van der Waals surface area contributed by atoms with Gasteiger partial charge in [0, 0.05) is 12.8 Å². The topological polar surface area (TPSA) is 175 Å². The van der Waals surface area contributed by atoms with Crippen molar-refractivity contribution in [3.8, 4) is 0 Å². The van der Waals surface area contributed by atoms with Crippen molar-refractivity contribution < 1.29 is 49.3 Å². The Morgan fingerprint density at radius 2 is 1.00 bits per heavy atom. The number of hydrogen-bond donors (Lipinski definition) is 6. The molecule has 1 rings (SSSR count). The first-order valence-corrected chi connectivity index (χ1v) is 27.6. The molecule has 394 valence electrons. The van der Waals surface area contributed by atoms with Crippen molar-refractivity contribution in [3.63, 3.8) is 0 Å². The maximum Gasteiger partial charge on any atom is 0.305 e. The molecule has 0 aromatic carbocycles. The summed E-state index contributed by atoms with van der Waals surface area (Å²) in [6, 6.07) is -0.840. The van der Waals surface area contributed by atoms with Gasteiger partial charge < -0.3 is 45.1 Å². The van der Waals surface area contributed by atoms with Gasteiger partial charge in [0.15, 0.2) is 6.29 Å². The highest BCUT2D eigenvalue weighted by atomic mass is 16.7. The van der Waals surface area contributed by atoms with E-state index in [9.17, 15) is 35.1 Å². The first-order valence-electron chi connectivity index (χ1n) is 27.6. The fraction of sp³-hybridized carbons (Fsp3) is 0.789. The van der Waals surface area contributed by atoms with Gasteiger partial charge in [0.2, 0.25) is 5.91 Å². The molecular formula is C57H101NO10. The fourth-order valence-corrected chi connectivity index (χ4v) is 8.12. The summed E-state index contributed by atoms with van der Waals surface area (Å²) in [7, 11) is 0. The summed E-state index contributed by atoms with van der Waals surface area (Å²) in [6.45, 7) is 4.20. The first kappa shape index (κ1) is 63.4. The molecule has 68 heavy (non-hydrogen) atoms. The highest BCUT2D eigenvalue weighted by Crippen LogP contribution is 2.23. The number of carbonyl (C=O) groups excluding carboxylic acids is 2. The Morgan fingerprint density at radius 3 is 1.57 bits per heavy atom. The molecule has 0 aliphatic carbocycles. The van der Waals surface area contributed by atoms with Gasteiger partial charge in [-0.1, -0.05) is 164 Å². The van der Waals surface area contributed by atoms with Gasteiger partial charge in [-0.25, -0.2) is 0 Å². The molecule has 6 N–H and O–H groups in total. The molecule has 0 aromatic rings. The second-order valence-corrected chi connectivity index (χ2v) is 18.9. The molecule has 1 heterocycles. The van der Waals surface area contributed by atoms with E-state index in [-0.39, 0.29) is 18.5 Å². The predicted molar refractivity (Wildman–Crippen MR) is 278 cm³/mol. The number of allylic oxidation sites excluding steroid dienone is 9. The molecule has 11 heteroatoms. The van der Waals surface area contributed by atoms with Crippen LogP contribution >= 0.6 is 0 Å². The molecule has 1 amide bonds. The first-order chi connectivity index (χ1) is 33.2. The highest BCUT2D eigenvalue weighted by Gasteiger charge is 2.44. The zero-order chi connectivity index (χ0) is 49.6. The lowest BCUT2D eigenvalue weighted by Crippen LogP contribution is -2.60. The normalized spacial score (nSPS) is 19.9. The number of ether oxygens (including phenoxy) is 3. The van der Waals surface area contributed by atoms with Crippen molar-refractivity contribution >= 4 is 11.9 Å². The van der Waals surface area contributed by atoms with E-state index in [1.54, 1.807) is 6.08 Å². The van der Waals surface area contributed by atoms with E-state index >= 15 is 0 Å². The Hall–Kier alpha value is -2.64. The maximum atomic E-state index is 13.0. The Labute approximate surface area is 414 Å². The van der Waals surface area contributed by atoms with Crippen molar-refractivity contribution in [1.29, 1.82) is 0 Å². The summed E-state index contributed by atoms with van der Waals surface area (Å²) in [6.07, 6.45) is 48.8. The van der Waals surface area contributed by atoms with Gasteiger partial charge in [-0.15, -0.1) is 0 Å². The number of unbranched alkanes of at least 4 members (excludes halogenated alkanes) is 24. The number of nitrogens with one attached hydrogen (secondary N) is 1. The number of aliphatic hydroxyl groups is 5. The monoisotopic (exact) mass is 960 g/mol. The van der Waals surface area contributed by atoms with E-state index in [0.29, 0.717) is 19.4 Å². The van der Waals surface area contributed by atoms with E-state index < -0.39 is 49.5 Å². The molecule has 0 radical (unpaired) electrons. The predicted octanol–water partition coefficient (Wildman–Crippen LogP) is 11.9. The summed E-state index contributed by atoms with van der Waals surface area (Å²) in [5.74, 6) is -0.256. The van der Waals surface area contributed by atoms with Gasteiger partial charge >= 0.3 is 5.97 Å². The molecular weight excluding hydrogens is 859 g/mol. The van der Waals surface area contributed by atoms with Crippen LogP contribution in [0.2, 0.25) is 0 Å².